The number of aryl methyl sites for hydroxylation is 1. The van der Waals surface area contributed by atoms with Gasteiger partial charge >= 0.3 is 12.1 Å². The van der Waals surface area contributed by atoms with E-state index in [4.69, 9.17) is 16.3 Å². The Morgan fingerprint density at radius 3 is 2.65 bits per heavy atom. The quantitative estimate of drug-likeness (QED) is 0.886. The largest absolute Gasteiger partial charge is 0.450 e. The fraction of sp³-hybridized carbons (Fsp3) is 0.500. The van der Waals surface area contributed by atoms with Crippen LogP contribution in [0.25, 0.3) is 0 Å². The Bertz CT molecular complexity index is 572. The molecule has 0 radical (unpaired) electrons. The Balaban J connectivity index is 1.78. The molecular formula is C16H22ClN3O3. The Morgan fingerprint density at radius 1 is 1.35 bits per heavy atom. The van der Waals surface area contributed by atoms with E-state index < -0.39 is 0 Å². The number of nitrogens with one attached hydrogen (secondary N) is 2. The highest BCUT2D eigenvalue weighted by atomic mass is 35.5. The number of urea groups is 1. The van der Waals surface area contributed by atoms with Gasteiger partial charge in [0.15, 0.2) is 0 Å². The topological polar surface area (TPSA) is 70.7 Å². The van der Waals surface area contributed by atoms with Crippen molar-refractivity contribution in [3.05, 3.63) is 28.8 Å². The lowest BCUT2D eigenvalue weighted by atomic mass is 10.1. The van der Waals surface area contributed by atoms with Gasteiger partial charge in [0, 0.05) is 29.8 Å². The number of anilines is 1. The van der Waals surface area contributed by atoms with Gasteiger partial charge in [0.05, 0.1) is 6.61 Å². The maximum absolute atomic E-state index is 12.0. The fourth-order valence-electron chi connectivity index (χ4n) is 2.44. The minimum atomic E-state index is -0.287. The zero-order valence-electron chi connectivity index (χ0n) is 13.4. The summed E-state index contributed by atoms with van der Waals surface area (Å²) in [6.07, 6.45) is 1.13. The average molecular weight is 340 g/mol. The molecule has 0 spiro atoms. The summed E-state index contributed by atoms with van der Waals surface area (Å²) in [6, 6.07) is 5.17. The van der Waals surface area contributed by atoms with Crippen LogP contribution in [0.1, 0.15) is 25.3 Å². The van der Waals surface area contributed by atoms with E-state index in [0.717, 1.165) is 5.56 Å². The van der Waals surface area contributed by atoms with Gasteiger partial charge in [-0.3, -0.25) is 0 Å². The van der Waals surface area contributed by atoms with Crippen LogP contribution in [0.4, 0.5) is 15.3 Å². The van der Waals surface area contributed by atoms with Gasteiger partial charge in [0.25, 0.3) is 0 Å². The number of carbonyl (C=O) groups is 2. The van der Waals surface area contributed by atoms with Gasteiger partial charge in [-0.1, -0.05) is 17.7 Å². The van der Waals surface area contributed by atoms with E-state index in [1.807, 2.05) is 19.1 Å². The van der Waals surface area contributed by atoms with Gasteiger partial charge in [0.1, 0.15) is 0 Å². The molecule has 0 aromatic heterocycles. The van der Waals surface area contributed by atoms with E-state index >= 15 is 0 Å². The average Bonchev–Trinajstić information content (AvgIpc) is 2.52. The molecule has 0 saturated carbocycles. The fourth-order valence-corrected chi connectivity index (χ4v) is 2.62. The van der Waals surface area contributed by atoms with Crippen LogP contribution in [-0.2, 0) is 4.74 Å². The second-order valence-electron chi connectivity index (χ2n) is 5.52. The Kier molecular flexibility index (Phi) is 6.10. The minimum absolute atomic E-state index is 0.0431. The van der Waals surface area contributed by atoms with Crippen molar-refractivity contribution in [2.75, 3.05) is 25.0 Å². The van der Waals surface area contributed by atoms with Gasteiger partial charge < -0.3 is 20.3 Å². The molecule has 126 valence electrons. The molecule has 0 atom stereocenters. The van der Waals surface area contributed by atoms with Crippen molar-refractivity contribution >= 4 is 29.4 Å². The molecule has 1 aliphatic heterocycles. The normalized spacial score (nSPS) is 15.2. The molecule has 1 aromatic carbocycles. The van der Waals surface area contributed by atoms with Gasteiger partial charge in [-0.2, -0.15) is 0 Å². The highest BCUT2D eigenvalue weighted by Crippen LogP contribution is 2.20. The first-order chi connectivity index (χ1) is 11.0. The summed E-state index contributed by atoms with van der Waals surface area (Å²) in [6.45, 7) is 5.23. The zero-order chi connectivity index (χ0) is 16.8. The standard InChI is InChI=1S/C16H22ClN3O3/c1-3-23-16(22)20-8-6-12(7-9-20)18-15(21)19-13-5-4-11(2)14(17)10-13/h4-5,10,12H,3,6-9H2,1-2H3,(H2,18,19,21). The maximum atomic E-state index is 12.0. The number of amides is 3. The number of piperidine rings is 1. The molecule has 6 nitrogen and oxygen atoms in total. The first kappa shape index (κ1) is 17.4. The van der Waals surface area contributed by atoms with Gasteiger partial charge in [-0.05, 0) is 44.4 Å². The molecule has 0 aliphatic carbocycles. The summed E-state index contributed by atoms with van der Waals surface area (Å²) in [4.78, 5) is 25.3. The van der Waals surface area contributed by atoms with Crippen molar-refractivity contribution in [1.82, 2.24) is 10.2 Å². The Morgan fingerprint density at radius 2 is 2.04 bits per heavy atom. The third kappa shape index (κ3) is 5.03. The molecule has 1 fully saturated rings. The van der Waals surface area contributed by atoms with Crippen LogP contribution in [0.5, 0.6) is 0 Å². The molecule has 2 N–H and O–H groups in total. The summed E-state index contributed by atoms with van der Waals surface area (Å²) < 4.78 is 4.97. The second kappa shape index (κ2) is 8.06. The van der Waals surface area contributed by atoms with E-state index in [1.165, 1.54) is 0 Å². The highest BCUT2D eigenvalue weighted by molar-refractivity contribution is 6.31. The molecule has 23 heavy (non-hydrogen) atoms. The van der Waals surface area contributed by atoms with Crippen LogP contribution < -0.4 is 10.6 Å². The van der Waals surface area contributed by atoms with Crippen LogP contribution >= 0.6 is 11.6 Å². The number of hydrogen-bond donors (Lipinski definition) is 2. The molecule has 1 aliphatic rings. The molecule has 1 heterocycles. The zero-order valence-corrected chi connectivity index (χ0v) is 14.2. The monoisotopic (exact) mass is 339 g/mol. The maximum Gasteiger partial charge on any atom is 0.409 e. The lowest BCUT2D eigenvalue weighted by Crippen LogP contribution is -2.47. The number of ether oxygens (including phenoxy) is 1. The molecule has 7 heteroatoms. The Hall–Kier alpha value is -1.95. The minimum Gasteiger partial charge on any atom is -0.450 e. The van der Waals surface area contributed by atoms with Crippen molar-refractivity contribution in [3.63, 3.8) is 0 Å². The van der Waals surface area contributed by atoms with Gasteiger partial charge in [-0.15, -0.1) is 0 Å². The van der Waals surface area contributed by atoms with E-state index in [1.54, 1.807) is 17.9 Å². The number of rotatable bonds is 3. The van der Waals surface area contributed by atoms with Crippen LogP contribution in [-0.4, -0.2) is 42.8 Å². The molecule has 0 bridgehead atoms. The molecule has 0 unspecified atom stereocenters. The first-order valence-corrected chi connectivity index (χ1v) is 8.12. The van der Waals surface area contributed by atoms with Crippen LogP contribution in [0.3, 0.4) is 0 Å². The molecule has 1 saturated heterocycles. The predicted molar refractivity (Wildman–Crippen MR) is 90.0 cm³/mol. The third-order valence-corrected chi connectivity index (χ3v) is 4.19. The van der Waals surface area contributed by atoms with Crippen molar-refractivity contribution in [3.8, 4) is 0 Å². The van der Waals surface area contributed by atoms with Crippen LogP contribution in [0.2, 0.25) is 5.02 Å². The van der Waals surface area contributed by atoms with Crippen molar-refractivity contribution in [2.45, 2.75) is 32.7 Å². The summed E-state index contributed by atoms with van der Waals surface area (Å²) in [5.74, 6) is 0. The number of halogens is 1. The molecule has 3 amide bonds. The van der Waals surface area contributed by atoms with Crippen LogP contribution in [0, 0.1) is 6.92 Å². The number of carbonyl (C=O) groups excluding carboxylic acids is 2. The predicted octanol–water partition coefficient (Wildman–Crippen LogP) is 3.39. The SMILES string of the molecule is CCOC(=O)N1CCC(NC(=O)Nc2ccc(C)c(Cl)c2)CC1. The van der Waals surface area contributed by atoms with Gasteiger partial charge in [-0.25, -0.2) is 9.59 Å². The first-order valence-electron chi connectivity index (χ1n) is 7.75. The smallest absolute Gasteiger partial charge is 0.409 e. The van der Waals surface area contributed by atoms with Gasteiger partial charge in [0.2, 0.25) is 0 Å². The molecule has 1 aromatic rings. The van der Waals surface area contributed by atoms with E-state index in [0.29, 0.717) is 43.2 Å². The summed E-state index contributed by atoms with van der Waals surface area (Å²) in [5, 5.41) is 6.31. The summed E-state index contributed by atoms with van der Waals surface area (Å²) in [5.41, 5.74) is 1.62. The Labute approximate surface area is 141 Å². The highest BCUT2D eigenvalue weighted by Gasteiger charge is 2.24. The lowest BCUT2D eigenvalue weighted by Gasteiger charge is -2.31. The molecular weight excluding hydrogens is 318 g/mol. The summed E-state index contributed by atoms with van der Waals surface area (Å²) in [7, 11) is 0. The number of likely N-dealkylation sites (tertiary alicyclic amines) is 1. The number of benzene rings is 1. The van der Waals surface area contributed by atoms with Crippen LogP contribution in [0.15, 0.2) is 18.2 Å². The van der Waals surface area contributed by atoms with Crippen molar-refractivity contribution in [1.29, 1.82) is 0 Å². The number of hydrogen-bond acceptors (Lipinski definition) is 3. The van der Waals surface area contributed by atoms with Crippen molar-refractivity contribution in [2.24, 2.45) is 0 Å². The van der Waals surface area contributed by atoms with E-state index in [9.17, 15) is 9.59 Å². The number of nitrogens with zero attached hydrogens (tertiary/aromatic N) is 1. The van der Waals surface area contributed by atoms with Crippen molar-refractivity contribution < 1.29 is 14.3 Å². The molecule has 2 rings (SSSR count). The lowest BCUT2D eigenvalue weighted by molar-refractivity contribution is 0.0959. The summed E-state index contributed by atoms with van der Waals surface area (Å²) >= 11 is 6.04. The van der Waals surface area contributed by atoms with E-state index in [-0.39, 0.29) is 18.2 Å². The van der Waals surface area contributed by atoms with E-state index in [2.05, 4.69) is 10.6 Å². The third-order valence-electron chi connectivity index (χ3n) is 3.79. The second-order valence-corrected chi connectivity index (χ2v) is 5.93.